The average Bonchev–Trinajstić information content (AvgIpc) is 3.77. The quantitative estimate of drug-likeness (QED) is 0.276. The van der Waals surface area contributed by atoms with E-state index in [0.29, 0.717) is 11.4 Å². The second kappa shape index (κ2) is 8.67. The number of rotatable bonds is 6. The summed E-state index contributed by atoms with van der Waals surface area (Å²) in [5.74, 6) is 0.390. The van der Waals surface area contributed by atoms with Crippen molar-refractivity contribution in [3.05, 3.63) is 79.9 Å². The van der Waals surface area contributed by atoms with Crippen molar-refractivity contribution in [1.29, 1.82) is 0 Å². The summed E-state index contributed by atoms with van der Waals surface area (Å²) < 4.78 is 24.5. The van der Waals surface area contributed by atoms with Crippen molar-refractivity contribution in [2.24, 2.45) is 28.2 Å². The topological polar surface area (TPSA) is 99.8 Å². The third kappa shape index (κ3) is 3.72. The number of aromatic nitrogens is 9. The fraction of sp³-hybridized carbons (Fsp3) is 0.133. The zero-order valence-electron chi connectivity index (χ0n) is 23.3. The average molecular weight is 560 g/mol. The molecule has 8 rings (SSSR count). The predicted octanol–water partition coefficient (Wildman–Crippen LogP) is 5.58. The molecule has 0 radical (unpaired) electrons. The summed E-state index contributed by atoms with van der Waals surface area (Å²) in [6.07, 6.45) is 15.1. The van der Waals surface area contributed by atoms with Crippen molar-refractivity contribution in [2.75, 3.05) is 10.6 Å². The Morgan fingerprint density at radius 3 is 1.48 bits per heavy atom. The molecular weight excluding hydrogens is 533 g/mol. The van der Waals surface area contributed by atoms with E-state index < -0.39 is 6.08 Å². The Balaban J connectivity index is 1.37. The lowest BCUT2D eigenvalue weighted by Gasteiger charge is -2.14. The van der Waals surface area contributed by atoms with Crippen LogP contribution in [0, 0.1) is 6.08 Å². The molecule has 11 nitrogen and oxygen atoms in total. The van der Waals surface area contributed by atoms with Gasteiger partial charge in [-0.2, -0.15) is 14.4 Å². The summed E-state index contributed by atoms with van der Waals surface area (Å²) in [6.45, 7) is 0. The molecule has 0 aliphatic carbocycles. The molecule has 2 N–H and O–H groups in total. The number of hydrogen-bond acceptors (Lipinski definition) is 6. The summed E-state index contributed by atoms with van der Waals surface area (Å²) in [7, 11) is 7.89. The van der Waals surface area contributed by atoms with Crippen LogP contribution in [0.25, 0.3) is 50.4 Å². The van der Waals surface area contributed by atoms with E-state index in [0.717, 1.165) is 50.2 Å². The second-order valence-corrected chi connectivity index (χ2v) is 10.7. The number of nitrogens with one attached hydrogen (secondary N) is 2. The third-order valence-electron chi connectivity index (χ3n) is 7.51. The van der Waals surface area contributed by atoms with Crippen molar-refractivity contribution in [1.82, 2.24) is 42.6 Å². The first kappa shape index (κ1) is 24.2. The van der Waals surface area contributed by atoms with E-state index in [1.165, 1.54) is 0 Å². The zero-order chi connectivity index (χ0) is 28.7. The van der Waals surface area contributed by atoms with Crippen LogP contribution in [0.2, 0.25) is 0 Å². The summed E-state index contributed by atoms with van der Waals surface area (Å²) in [5, 5.41) is 8.80. The smallest absolute Gasteiger partial charge is 0.315 e. The van der Waals surface area contributed by atoms with Crippen LogP contribution >= 0.6 is 0 Å². The maximum atomic E-state index is 14.9. The first-order chi connectivity index (χ1) is 20.3. The fourth-order valence-corrected chi connectivity index (χ4v) is 5.76. The van der Waals surface area contributed by atoms with Gasteiger partial charge in [-0.3, -0.25) is 0 Å². The largest absolute Gasteiger partial charge is 0.355 e. The molecule has 208 valence electrons. The second-order valence-electron chi connectivity index (χ2n) is 10.7. The number of anilines is 4. The van der Waals surface area contributed by atoms with E-state index in [-0.39, 0.29) is 11.6 Å². The maximum absolute atomic E-state index is 14.9. The molecule has 1 aromatic carbocycles. The Labute approximate surface area is 238 Å². The van der Waals surface area contributed by atoms with Crippen molar-refractivity contribution in [3.63, 3.8) is 0 Å². The van der Waals surface area contributed by atoms with Crippen LogP contribution in [-0.2, 0) is 28.2 Å². The van der Waals surface area contributed by atoms with Gasteiger partial charge in [-0.1, -0.05) is 0 Å². The minimum atomic E-state index is -0.882. The van der Waals surface area contributed by atoms with E-state index in [4.69, 9.17) is 9.97 Å². The zero-order valence-corrected chi connectivity index (χ0v) is 23.3. The van der Waals surface area contributed by atoms with Crippen LogP contribution in [0.5, 0.6) is 0 Å². The summed E-state index contributed by atoms with van der Waals surface area (Å²) in [6, 6.07) is 8.10. The number of halogens is 1. The Morgan fingerprint density at radius 1 is 0.571 bits per heavy atom. The lowest BCUT2D eigenvalue weighted by atomic mass is 10.1. The van der Waals surface area contributed by atoms with Crippen molar-refractivity contribution >= 4 is 50.6 Å². The standard InChI is InChI=1S/C30H26FN11/c1-38-9-7-17(11-38)32-23-15-40(3)13-21(23)25-19-5-6-20-26(35-30-37-28(31)36-29(34-25)42(30)27(19)20)22-14-41(4)16-24(22)33-18-8-10-39(2)12-18/h5-16,32-33H,1-4H3. The van der Waals surface area contributed by atoms with Gasteiger partial charge in [-0.05, 0) is 24.3 Å². The summed E-state index contributed by atoms with van der Waals surface area (Å²) >= 11 is 0. The highest BCUT2D eigenvalue weighted by atomic mass is 19.1. The van der Waals surface area contributed by atoms with Crippen LogP contribution < -0.4 is 10.6 Å². The van der Waals surface area contributed by atoms with Gasteiger partial charge in [0.05, 0.1) is 39.7 Å². The molecule has 0 unspecified atom stereocenters. The van der Waals surface area contributed by atoms with E-state index >= 15 is 0 Å². The third-order valence-corrected chi connectivity index (χ3v) is 7.51. The van der Waals surface area contributed by atoms with E-state index in [2.05, 4.69) is 20.6 Å². The molecule has 0 saturated heterocycles. The molecule has 0 amide bonds. The Kier molecular flexibility index (Phi) is 4.99. The normalized spacial score (nSPS) is 11.9. The van der Waals surface area contributed by atoms with Gasteiger partial charge in [0.15, 0.2) is 0 Å². The molecule has 0 spiro atoms. The summed E-state index contributed by atoms with van der Waals surface area (Å²) in [5.41, 5.74) is 7.62. The number of nitrogens with zero attached hydrogens (tertiary/aromatic N) is 9. The Morgan fingerprint density at radius 2 is 1.05 bits per heavy atom. The highest BCUT2D eigenvalue weighted by Crippen LogP contribution is 2.42. The highest BCUT2D eigenvalue weighted by Gasteiger charge is 2.24. The van der Waals surface area contributed by atoms with Gasteiger partial charge in [0, 0.05) is 99.7 Å². The van der Waals surface area contributed by atoms with Crippen LogP contribution in [-0.4, -0.2) is 42.6 Å². The molecule has 0 fully saturated rings. The van der Waals surface area contributed by atoms with E-state index in [1.807, 2.05) is 120 Å². The number of aryl methyl sites for hydroxylation is 4. The van der Waals surface area contributed by atoms with Crippen LogP contribution in [0.4, 0.5) is 27.1 Å². The molecule has 12 heteroatoms. The molecule has 7 heterocycles. The number of hydrogen-bond donors (Lipinski definition) is 2. The van der Waals surface area contributed by atoms with E-state index in [1.54, 1.807) is 4.40 Å². The Bertz CT molecular complexity index is 2120. The molecule has 0 bridgehead atoms. The molecular formula is C30H26FN11. The predicted molar refractivity (Wildman–Crippen MR) is 161 cm³/mol. The van der Waals surface area contributed by atoms with Gasteiger partial charge >= 0.3 is 6.08 Å². The van der Waals surface area contributed by atoms with Gasteiger partial charge in [0.25, 0.3) is 0 Å². The molecule has 0 saturated carbocycles. The first-order valence-corrected chi connectivity index (χ1v) is 13.4. The molecule has 42 heavy (non-hydrogen) atoms. The van der Waals surface area contributed by atoms with Crippen LogP contribution in [0.3, 0.4) is 0 Å². The molecule has 0 aliphatic heterocycles. The van der Waals surface area contributed by atoms with Crippen molar-refractivity contribution in [2.45, 2.75) is 0 Å². The minimum Gasteiger partial charge on any atom is -0.355 e. The van der Waals surface area contributed by atoms with Crippen molar-refractivity contribution < 1.29 is 4.39 Å². The van der Waals surface area contributed by atoms with Crippen molar-refractivity contribution in [3.8, 4) is 22.5 Å². The van der Waals surface area contributed by atoms with E-state index in [9.17, 15) is 4.39 Å². The maximum Gasteiger partial charge on any atom is 0.315 e. The van der Waals surface area contributed by atoms with Crippen LogP contribution in [0.1, 0.15) is 0 Å². The van der Waals surface area contributed by atoms with Gasteiger partial charge < -0.3 is 28.9 Å². The Hall–Kier alpha value is -5.65. The molecule has 0 atom stereocenters. The highest BCUT2D eigenvalue weighted by molar-refractivity contribution is 6.12. The molecule has 7 aromatic heterocycles. The van der Waals surface area contributed by atoms with Crippen LogP contribution in [0.15, 0.2) is 73.8 Å². The van der Waals surface area contributed by atoms with Gasteiger partial charge in [0.2, 0.25) is 11.6 Å². The fourth-order valence-electron chi connectivity index (χ4n) is 5.76. The lowest BCUT2D eigenvalue weighted by Crippen LogP contribution is -2.08. The lowest BCUT2D eigenvalue weighted by molar-refractivity contribution is 0.540. The van der Waals surface area contributed by atoms with Gasteiger partial charge in [-0.25, -0.2) is 14.4 Å². The summed E-state index contributed by atoms with van der Waals surface area (Å²) in [4.78, 5) is 17.9. The molecule has 0 aliphatic rings. The van der Waals surface area contributed by atoms with Gasteiger partial charge in [0.1, 0.15) is 0 Å². The van der Waals surface area contributed by atoms with Gasteiger partial charge in [-0.15, -0.1) is 0 Å². The monoisotopic (exact) mass is 559 g/mol. The molecule has 8 aromatic rings. The SMILES string of the molecule is Cn1ccc(Nc2cn(C)cc2-c2nc3nc(F)nc4nc(-c5cn(C)cc5Nc5ccn(C)c5)c5ccc2c5n34)c1. The first-order valence-electron chi connectivity index (χ1n) is 13.4. The minimum absolute atomic E-state index is 0.195.